The normalized spacial score (nSPS) is 20.5. The highest BCUT2D eigenvalue weighted by atomic mass is 16.3. The predicted octanol–water partition coefficient (Wildman–Crippen LogP) is 10.8. The summed E-state index contributed by atoms with van der Waals surface area (Å²) in [5.41, 5.74) is 8.41. The third kappa shape index (κ3) is 6.08. The van der Waals surface area contributed by atoms with Crippen molar-refractivity contribution < 1.29 is 14.5 Å². The Morgan fingerprint density at radius 3 is 2.21 bits per heavy atom. The number of benzene rings is 3. The number of aliphatic hydroxyl groups is 1. The van der Waals surface area contributed by atoms with Crippen LogP contribution in [0.4, 0.5) is 5.69 Å². The number of aromatic nitrogens is 1. The quantitative estimate of drug-likeness (QED) is 0.112. The third-order valence-electron chi connectivity index (χ3n) is 11.7. The van der Waals surface area contributed by atoms with E-state index in [1.807, 2.05) is 18.2 Å². The van der Waals surface area contributed by atoms with Gasteiger partial charge >= 0.3 is 0 Å². The number of ketones is 1. The molecule has 0 amide bonds. The summed E-state index contributed by atoms with van der Waals surface area (Å²) >= 11 is 0. The maximum atomic E-state index is 14.6. The van der Waals surface area contributed by atoms with Gasteiger partial charge in [-0.3, -0.25) is 4.79 Å². The topological polar surface area (TPSA) is 45.2 Å². The van der Waals surface area contributed by atoms with E-state index < -0.39 is 0 Å². The smallest absolute Gasteiger partial charge is 0.209 e. The Morgan fingerprint density at radius 1 is 0.846 bits per heavy atom. The monoisotopic (exact) mass is 685 g/mol. The number of aryl methyl sites for hydroxylation is 1. The Kier molecular flexibility index (Phi) is 9.17. The number of para-hydroxylation sites is 2. The van der Waals surface area contributed by atoms with Crippen LogP contribution >= 0.6 is 0 Å². The van der Waals surface area contributed by atoms with Crippen LogP contribution < -0.4 is 0 Å². The van der Waals surface area contributed by atoms with E-state index in [9.17, 15) is 9.90 Å². The summed E-state index contributed by atoms with van der Waals surface area (Å²) in [7, 11) is 0. The average molecular weight is 686 g/mol. The zero-order chi connectivity index (χ0) is 35.8. The molecule has 2 heterocycles. The lowest BCUT2D eigenvalue weighted by atomic mass is 9.72. The van der Waals surface area contributed by atoms with Crippen LogP contribution in [-0.2, 0) is 23.2 Å². The molecule has 4 heteroatoms. The second kappa shape index (κ2) is 14.1. The Labute approximate surface area is 308 Å². The zero-order valence-corrected chi connectivity index (χ0v) is 30.6. The second-order valence-corrected chi connectivity index (χ2v) is 15.5. The molecule has 0 saturated heterocycles. The molecule has 262 valence electrons. The summed E-state index contributed by atoms with van der Waals surface area (Å²) in [6.45, 7) is 8.54. The molecule has 0 bridgehead atoms. The molecule has 4 nitrogen and oxygen atoms in total. The minimum absolute atomic E-state index is 0.0763. The Morgan fingerprint density at radius 2 is 1.50 bits per heavy atom. The molecule has 3 aromatic carbocycles. The van der Waals surface area contributed by atoms with E-state index in [-0.39, 0.29) is 17.0 Å². The average Bonchev–Trinajstić information content (AvgIpc) is 3.97. The Hall–Kier alpha value is -5.22. The first-order valence-corrected chi connectivity index (χ1v) is 19.1. The summed E-state index contributed by atoms with van der Waals surface area (Å²) in [5, 5.41) is 13.1. The van der Waals surface area contributed by atoms with Gasteiger partial charge in [0.05, 0.1) is 16.6 Å². The van der Waals surface area contributed by atoms with Crippen molar-refractivity contribution in [3.05, 3.63) is 167 Å². The molecule has 8 rings (SSSR count). The highest BCUT2D eigenvalue weighted by Crippen LogP contribution is 2.47. The number of rotatable bonds is 13. The van der Waals surface area contributed by atoms with E-state index in [2.05, 4.69) is 145 Å². The molecule has 0 radical (unpaired) electrons. The fourth-order valence-electron chi connectivity index (χ4n) is 8.73. The van der Waals surface area contributed by atoms with Gasteiger partial charge in [-0.05, 0) is 55.6 Å². The van der Waals surface area contributed by atoms with Crippen molar-refractivity contribution in [2.75, 3.05) is 6.54 Å². The molecule has 52 heavy (non-hydrogen) atoms. The number of nitrogens with zero attached hydrogens (tertiary/aromatic N) is 2. The van der Waals surface area contributed by atoms with E-state index >= 15 is 0 Å². The first kappa shape index (κ1) is 33.9. The second-order valence-electron chi connectivity index (χ2n) is 15.5. The van der Waals surface area contributed by atoms with Crippen LogP contribution in [0.3, 0.4) is 0 Å². The number of aliphatic hydroxyl groups excluding tert-OH is 1. The van der Waals surface area contributed by atoms with Crippen LogP contribution in [0.25, 0.3) is 16.5 Å². The van der Waals surface area contributed by atoms with Gasteiger partial charge in [-0.1, -0.05) is 129 Å². The van der Waals surface area contributed by atoms with Crippen LogP contribution in [0.1, 0.15) is 68.8 Å². The summed E-state index contributed by atoms with van der Waals surface area (Å²) in [6.07, 6.45) is 24.2. The number of hydrogen-bond acceptors (Lipinski definition) is 2. The molecule has 0 saturated carbocycles. The Balaban J connectivity index is 1.25. The molecule has 3 aliphatic carbocycles. The van der Waals surface area contributed by atoms with E-state index in [1.54, 1.807) is 0 Å². The van der Waals surface area contributed by atoms with E-state index in [4.69, 9.17) is 0 Å². The number of hydrogen-bond donors (Lipinski definition) is 1. The van der Waals surface area contributed by atoms with Gasteiger partial charge < -0.3 is 9.67 Å². The molecule has 1 aliphatic heterocycles. The summed E-state index contributed by atoms with van der Waals surface area (Å²) < 4.78 is 4.83. The highest BCUT2D eigenvalue weighted by molar-refractivity contribution is 6.41. The zero-order valence-electron chi connectivity index (χ0n) is 30.6. The minimum Gasteiger partial charge on any atom is -0.506 e. The maximum Gasteiger partial charge on any atom is 0.209 e. The maximum absolute atomic E-state index is 14.6. The minimum atomic E-state index is -0.307. The summed E-state index contributed by atoms with van der Waals surface area (Å²) in [5.74, 6) is 1.37. The largest absolute Gasteiger partial charge is 0.506 e. The number of fused-ring (bicyclic) bond motifs is 2. The summed E-state index contributed by atoms with van der Waals surface area (Å²) in [6, 6.07) is 27.6. The molecule has 0 fully saturated rings. The summed E-state index contributed by atoms with van der Waals surface area (Å²) in [4.78, 5) is 14.6. The van der Waals surface area contributed by atoms with Gasteiger partial charge in [0.1, 0.15) is 12.3 Å². The molecule has 4 aromatic rings. The lowest BCUT2D eigenvalue weighted by Gasteiger charge is -2.26. The first-order chi connectivity index (χ1) is 25.3. The fourth-order valence-corrected chi connectivity index (χ4v) is 8.73. The van der Waals surface area contributed by atoms with E-state index in [0.717, 1.165) is 66.6 Å². The first-order valence-electron chi connectivity index (χ1n) is 19.1. The van der Waals surface area contributed by atoms with Gasteiger partial charge in [-0.25, -0.2) is 0 Å². The van der Waals surface area contributed by atoms with E-state index in [1.165, 1.54) is 16.8 Å². The Bertz CT molecular complexity index is 2230. The van der Waals surface area contributed by atoms with Crippen molar-refractivity contribution in [1.82, 2.24) is 4.57 Å². The van der Waals surface area contributed by atoms with Gasteiger partial charge in [0.15, 0.2) is 5.71 Å². The van der Waals surface area contributed by atoms with E-state index in [0.29, 0.717) is 35.3 Å². The van der Waals surface area contributed by atoms with Crippen molar-refractivity contribution in [1.29, 1.82) is 0 Å². The number of carbonyl (C=O) groups excluding carboxylic acids is 1. The predicted molar refractivity (Wildman–Crippen MR) is 214 cm³/mol. The molecule has 0 spiro atoms. The van der Waals surface area contributed by atoms with Crippen molar-refractivity contribution in [3.8, 4) is 0 Å². The van der Waals surface area contributed by atoms with Crippen molar-refractivity contribution in [3.63, 3.8) is 0 Å². The molecule has 1 unspecified atom stereocenters. The SMILES string of the molecule is CC(C)CC[N+]1=C(/C=C2\C(=O)C(c3c(Cc4ccccc4)n(CCC4C=CC=C4)c4ccccc34)=C2O)C(C)(CCC2C=CC=C2)c2ccccc21. The van der Waals surface area contributed by atoms with Crippen molar-refractivity contribution in [2.24, 2.45) is 17.8 Å². The molecular formula is C48H49N2O2+. The van der Waals surface area contributed by atoms with Gasteiger partial charge in [0, 0.05) is 59.3 Å². The number of allylic oxidation sites excluding steroid dienone is 11. The van der Waals surface area contributed by atoms with Gasteiger partial charge in [-0.2, -0.15) is 4.58 Å². The van der Waals surface area contributed by atoms with Crippen molar-refractivity contribution >= 4 is 33.7 Å². The standard InChI is InChI=1S/C48H48N2O2/c1-33(2)26-29-50-41-24-14-12-22-39(41)48(3,28-25-34-15-7-8-16-34)43(50)32-38-46(51)45(47(38)52)44-37-21-11-13-23-40(37)49(30-27-35-17-9-10-18-35)42(44)31-36-19-5-4-6-20-36/h4-24,32-35H,25-31H2,1-3H3/p+1. The van der Waals surface area contributed by atoms with Crippen molar-refractivity contribution in [2.45, 2.75) is 64.8 Å². The lowest BCUT2D eigenvalue weighted by molar-refractivity contribution is -0.439. The van der Waals surface area contributed by atoms with Crippen LogP contribution in [-0.4, -0.2) is 32.3 Å². The van der Waals surface area contributed by atoms with Gasteiger partial charge in [0.25, 0.3) is 0 Å². The molecule has 1 N–H and O–H groups in total. The third-order valence-corrected chi connectivity index (χ3v) is 11.7. The molecular weight excluding hydrogens is 637 g/mol. The molecule has 1 aromatic heterocycles. The lowest BCUT2D eigenvalue weighted by Crippen LogP contribution is -2.34. The fraction of sp³-hybridized carbons (Fsp3) is 0.292. The van der Waals surface area contributed by atoms with Crippen LogP contribution in [0.15, 0.2) is 145 Å². The molecule has 1 atom stereocenters. The number of Topliss-reactive ketones (excluding diaryl/α,β-unsaturated/α-hetero) is 1. The molecule has 4 aliphatic rings. The van der Waals surface area contributed by atoms with Gasteiger partial charge in [-0.15, -0.1) is 0 Å². The number of carbonyl (C=O) groups is 1. The van der Waals surface area contributed by atoms with Gasteiger partial charge in [0.2, 0.25) is 11.5 Å². The van der Waals surface area contributed by atoms with Crippen LogP contribution in [0.2, 0.25) is 0 Å². The highest BCUT2D eigenvalue weighted by Gasteiger charge is 2.49. The van der Waals surface area contributed by atoms with Crippen LogP contribution in [0.5, 0.6) is 0 Å². The van der Waals surface area contributed by atoms with Crippen LogP contribution in [0, 0.1) is 17.8 Å².